The third-order valence-corrected chi connectivity index (χ3v) is 5.61. The molecule has 0 N–H and O–H groups in total. The first-order valence-corrected chi connectivity index (χ1v) is 6.69. The van der Waals surface area contributed by atoms with Crippen LogP contribution >= 0.6 is 0 Å². The molecule has 1 saturated heterocycles. The highest BCUT2D eigenvalue weighted by Crippen LogP contribution is 2.62. The summed E-state index contributed by atoms with van der Waals surface area (Å²) >= 11 is 0. The van der Waals surface area contributed by atoms with Crippen molar-refractivity contribution in [3.05, 3.63) is 0 Å². The molecule has 4 atom stereocenters. The van der Waals surface area contributed by atoms with E-state index in [4.69, 9.17) is 4.74 Å². The van der Waals surface area contributed by atoms with E-state index in [0.29, 0.717) is 12.3 Å². The zero-order chi connectivity index (χ0) is 12.5. The van der Waals surface area contributed by atoms with Crippen molar-refractivity contribution in [1.29, 1.82) is 0 Å². The van der Waals surface area contributed by atoms with Crippen LogP contribution in [0.3, 0.4) is 0 Å². The molecule has 17 heavy (non-hydrogen) atoms. The highest BCUT2D eigenvalue weighted by molar-refractivity contribution is 5.93. The minimum absolute atomic E-state index is 0.142. The molecule has 2 bridgehead atoms. The van der Waals surface area contributed by atoms with Crippen molar-refractivity contribution < 1.29 is 13.9 Å². The van der Waals surface area contributed by atoms with Crippen LogP contribution in [-0.2, 0) is 9.53 Å². The van der Waals surface area contributed by atoms with Crippen LogP contribution < -0.4 is 0 Å². The van der Waals surface area contributed by atoms with Gasteiger partial charge in [-0.3, -0.25) is 4.79 Å². The Balaban J connectivity index is 2.08. The van der Waals surface area contributed by atoms with Crippen molar-refractivity contribution >= 4 is 5.78 Å². The van der Waals surface area contributed by atoms with Gasteiger partial charge in [0.05, 0.1) is 5.60 Å². The van der Waals surface area contributed by atoms with Gasteiger partial charge in [0.2, 0.25) is 0 Å². The van der Waals surface area contributed by atoms with Gasteiger partial charge in [-0.05, 0) is 51.9 Å². The van der Waals surface area contributed by atoms with E-state index < -0.39 is 11.8 Å². The molecule has 0 aromatic carbocycles. The van der Waals surface area contributed by atoms with E-state index in [2.05, 4.69) is 6.92 Å². The van der Waals surface area contributed by atoms with Gasteiger partial charge in [-0.25, -0.2) is 4.39 Å². The topological polar surface area (TPSA) is 26.3 Å². The van der Waals surface area contributed by atoms with E-state index >= 15 is 0 Å². The van der Waals surface area contributed by atoms with Crippen LogP contribution in [-0.4, -0.2) is 23.2 Å². The summed E-state index contributed by atoms with van der Waals surface area (Å²) in [5.41, 5.74) is -1.24. The Labute approximate surface area is 102 Å². The lowest BCUT2D eigenvalue weighted by molar-refractivity contribution is -0.188. The van der Waals surface area contributed by atoms with Crippen molar-refractivity contribution in [2.45, 2.75) is 70.2 Å². The number of halogens is 1. The van der Waals surface area contributed by atoms with Crippen LogP contribution in [0.5, 0.6) is 0 Å². The van der Waals surface area contributed by atoms with Crippen LogP contribution in [0.25, 0.3) is 0 Å². The Kier molecular flexibility index (Phi) is 2.13. The van der Waals surface area contributed by atoms with E-state index in [1.54, 1.807) is 0 Å². The quantitative estimate of drug-likeness (QED) is 0.650. The molecular formula is C14H21FO2. The Morgan fingerprint density at radius 3 is 2.59 bits per heavy atom. The summed E-state index contributed by atoms with van der Waals surface area (Å²) in [6.07, 6.45) is 2.69. The normalized spacial score (nSPS) is 52.4. The number of hydrogen-bond acceptors (Lipinski definition) is 2. The first-order valence-electron chi connectivity index (χ1n) is 6.69. The van der Waals surface area contributed by atoms with Crippen LogP contribution in [0.15, 0.2) is 0 Å². The van der Waals surface area contributed by atoms with Crippen molar-refractivity contribution in [3.63, 3.8) is 0 Å². The second-order valence-electron chi connectivity index (χ2n) is 6.90. The van der Waals surface area contributed by atoms with E-state index in [0.717, 1.165) is 25.7 Å². The van der Waals surface area contributed by atoms with E-state index in [1.807, 2.05) is 13.8 Å². The van der Waals surface area contributed by atoms with E-state index in [9.17, 15) is 9.18 Å². The largest absolute Gasteiger partial charge is 0.360 e. The molecule has 1 spiro atoms. The molecule has 3 fully saturated rings. The number of fused-ring (bicyclic) bond motifs is 1. The molecule has 3 unspecified atom stereocenters. The van der Waals surface area contributed by atoms with Crippen molar-refractivity contribution in [2.75, 3.05) is 0 Å². The van der Waals surface area contributed by atoms with Crippen molar-refractivity contribution in [3.8, 4) is 0 Å². The minimum Gasteiger partial charge on any atom is -0.360 e. The molecule has 2 nitrogen and oxygen atoms in total. The number of ether oxygens (including phenoxy) is 1. The number of carbonyl (C=O) groups is 1. The van der Waals surface area contributed by atoms with Gasteiger partial charge in [-0.15, -0.1) is 0 Å². The maximum Gasteiger partial charge on any atom is 0.199 e. The Morgan fingerprint density at radius 1 is 1.24 bits per heavy atom. The summed E-state index contributed by atoms with van der Waals surface area (Å²) < 4.78 is 20.0. The summed E-state index contributed by atoms with van der Waals surface area (Å²) in [5, 5.41) is 0. The van der Waals surface area contributed by atoms with Gasteiger partial charge in [0, 0.05) is 5.41 Å². The van der Waals surface area contributed by atoms with E-state index in [1.165, 1.54) is 0 Å². The molecule has 3 rings (SSSR count). The Bertz CT molecular complexity index is 378. The van der Waals surface area contributed by atoms with Crippen LogP contribution in [0, 0.1) is 11.3 Å². The lowest BCUT2D eigenvalue weighted by Crippen LogP contribution is -2.60. The molecule has 0 aromatic rings. The second kappa shape index (κ2) is 3.11. The SMILES string of the molecule is CC1(C)OC23CC1CC[C@]2(C)CCC(F)C3=O. The standard InChI is InChI=1S/C14H21FO2/c1-12(2)9-4-6-13(3)7-5-10(15)11(16)14(13,8-9)17-12/h9-10H,4-8H2,1-3H3/t9?,10?,13-,14?/m1/s1. The zero-order valence-electron chi connectivity index (χ0n) is 10.9. The molecular weight excluding hydrogens is 219 g/mol. The summed E-state index contributed by atoms with van der Waals surface area (Å²) in [5.74, 6) is 0.131. The third kappa shape index (κ3) is 1.26. The minimum atomic E-state index is -1.31. The fraction of sp³-hybridized carbons (Fsp3) is 0.929. The Morgan fingerprint density at radius 2 is 1.88 bits per heavy atom. The van der Waals surface area contributed by atoms with E-state index in [-0.39, 0.29) is 16.8 Å². The average molecular weight is 240 g/mol. The molecule has 3 heteroatoms. The summed E-state index contributed by atoms with van der Waals surface area (Å²) in [6, 6.07) is 0. The number of Topliss-reactive ketones (excluding diaryl/α,β-unsaturated/α-hetero) is 1. The molecule has 1 aliphatic heterocycles. The molecule has 1 heterocycles. The molecule has 2 saturated carbocycles. The predicted molar refractivity (Wildman–Crippen MR) is 62.5 cm³/mol. The molecule has 3 aliphatic rings. The van der Waals surface area contributed by atoms with Crippen molar-refractivity contribution in [1.82, 2.24) is 0 Å². The number of rotatable bonds is 0. The fourth-order valence-electron chi connectivity index (χ4n) is 4.29. The zero-order valence-corrected chi connectivity index (χ0v) is 10.9. The fourth-order valence-corrected chi connectivity index (χ4v) is 4.29. The smallest absolute Gasteiger partial charge is 0.199 e. The number of carbonyl (C=O) groups excluding carboxylic acids is 1. The lowest BCUT2D eigenvalue weighted by atomic mass is 9.55. The van der Waals surface area contributed by atoms with Gasteiger partial charge in [0.1, 0.15) is 5.60 Å². The lowest BCUT2D eigenvalue weighted by Gasteiger charge is -2.50. The summed E-state index contributed by atoms with van der Waals surface area (Å²) in [7, 11) is 0. The van der Waals surface area contributed by atoms with Crippen molar-refractivity contribution in [2.24, 2.45) is 11.3 Å². The van der Waals surface area contributed by atoms with Crippen LogP contribution in [0.4, 0.5) is 4.39 Å². The monoisotopic (exact) mass is 240 g/mol. The van der Waals surface area contributed by atoms with Gasteiger partial charge in [-0.1, -0.05) is 6.92 Å². The predicted octanol–water partition coefficient (Wildman–Crippen LogP) is 3.04. The molecule has 0 aromatic heterocycles. The third-order valence-electron chi connectivity index (χ3n) is 5.61. The molecule has 0 amide bonds. The number of ketones is 1. The number of alkyl halides is 1. The molecule has 2 aliphatic carbocycles. The summed E-state index contributed by atoms with van der Waals surface area (Å²) in [6.45, 7) is 6.22. The highest BCUT2D eigenvalue weighted by atomic mass is 19.1. The highest BCUT2D eigenvalue weighted by Gasteiger charge is 2.68. The maximum atomic E-state index is 13.8. The molecule has 96 valence electrons. The van der Waals surface area contributed by atoms with Gasteiger partial charge >= 0.3 is 0 Å². The maximum absolute atomic E-state index is 13.8. The van der Waals surface area contributed by atoms with Crippen LogP contribution in [0.2, 0.25) is 0 Å². The van der Waals surface area contributed by atoms with Crippen LogP contribution in [0.1, 0.15) is 52.9 Å². The number of hydrogen-bond donors (Lipinski definition) is 0. The van der Waals surface area contributed by atoms with Gasteiger partial charge < -0.3 is 4.74 Å². The van der Waals surface area contributed by atoms with Gasteiger partial charge in [0.15, 0.2) is 12.0 Å². The average Bonchev–Trinajstić information content (AvgIpc) is 2.49. The first-order chi connectivity index (χ1) is 7.81. The van der Waals surface area contributed by atoms with Gasteiger partial charge in [-0.2, -0.15) is 0 Å². The first kappa shape index (κ1) is 11.6. The molecule has 0 radical (unpaired) electrons. The summed E-state index contributed by atoms with van der Waals surface area (Å²) in [4.78, 5) is 12.3. The van der Waals surface area contributed by atoms with Gasteiger partial charge in [0.25, 0.3) is 0 Å². The Hall–Kier alpha value is -0.440. The second-order valence-corrected chi connectivity index (χ2v) is 6.90.